The van der Waals surface area contributed by atoms with E-state index in [1.807, 2.05) is 19.1 Å². The molecule has 0 saturated heterocycles. The Morgan fingerprint density at radius 3 is 2.45 bits per heavy atom. The Hall–Kier alpha value is -1.31. The van der Waals surface area contributed by atoms with Crippen molar-refractivity contribution in [2.45, 2.75) is 53.4 Å². The minimum atomic E-state index is -0.0384. The van der Waals surface area contributed by atoms with Crippen LogP contribution < -0.4 is 4.74 Å². The molecule has 1 heterocycles. The molecule has 0 N–H and O–H groups in total. The first kappa shape index (κ1) is 15.1. The van der Waals surface area contributed by atoms with Crippen LogP contribution in [0.25, 0.3) is 0 Å². The molecule has 2 rings (SSSR count). The lowest BCUT2D eigenvalue weighted by molar-refractivity contribution is 0.0848. The molecule has 0 aliphatic carbocycles. The molecule has 1 unspecified atom stereocenters. The Morgan fingerprint density at radius 1 is 1.20 bits per heavy atom. The van der Waals surface area contributed by atoms with E-state index in [9.17, 15) is 4.79 Å². The van der Waals surface area contributed by atoms with E-state index < -0.39 is 0 Å². The summed E-state index contributed by atoms with van der Waals surface area (Å²) in [5.74, 6) is 0.909. The maximum absolute atomic E-state index is 12.3. The standard InChI is InChI=1S/C18H26O2/c1-12-10-20-15-8-7-13(9-14(15)16(12)19)18(5,6)11-17(2,3)4/h7-9,12H,10-11H2,1-6H3. The van der Waals surface area contributed by atoms with E-state index in [2.05, 4.69) is 40.7 Å². The van der Waals surface area contributed by atoms with Gasteiger partial charge in [-0.1, -0.05) is 47.6 Å². The molecular weight excluding hydrogens is 248 g/mol. The predicted molar refractivity (Wildman–Crippen MR) is 82.5 cm³/mol. The highest BCUT2D eigenvalue weighted by Crippen LogP contribution is 2.38. The van der Waals surface area contributed by atoms with Gasteiger partial charge in [-0.25, -0.2) is 0 Å². The summed E-state index contributed by atoms with van der Waals surface area (Å²) in [6, 6.07) is 6.10. The van der Waals surface area contributed by atoms with Crippen LogP contribution in [0.5, 0.6) is 5.75 Å². The third kappa shape index (κ3) is 3.05. The highest BCUT2D eigenvalue weighted by atomic mass is 16.5. The number of ketones is 1. The summed E-state index contributed by atoms with van der Waals surface area (Å²) >= 11 is 0. The van der Waals surface area contributed by atoms with Gasteiger partial charge >= 0.3 is 0 Å². The predicted octanol–water partition coefficient (Wildman–Crippen LogP) is 4.61. The van der Waals surface area contributed by atoms with Crippen molar-refractivity contribution in [1.82, 2.24) is 0 Å². The van der Waals surface area contributed by atoms with Gasteiger partial charge in [0.15, 0.2) is 5.78 Å². The van der Waals surface area contributed by atoms with E-state index in [1.165, 1.54) is 5.56 Å². The van der Waals surface area contributed by atoms with Crippen molar-refractivity contribution in [3.05, 3.63) is 29.3 Å². The van der Waals surface area contributed by atoms with Gasteiger partial charge < -0.3 is 4.74 Å². The van der Waals surface area contributed by atoms with Crippen LogP contribution >= 0.6 is 0 Å². The molecule has 1 aliphatic rings. The van der Waals surface area contributed by atoms with Gasteiger partial charge in [0.25, 0.3) is 0 Å². The lowest BCUT2D eigenvalue weighted by atomic mass is 9.72. The largest absolute Gasteiger partial charge is 0.492 e. The van der Waals surface area contributed by atoms with Gasteiger partial charge in [-0.3, -0.25) is 4.79 Å². The van der Waals surface area contributed by atoms with Gasteiger partial charge in [-0.2, -0.15) is 0 Å². The summed E-state index contributed by atoms with van der Waals surface area (Å²) in [6.07, 6.45) is 1.07. The molecule has 0 bridgehead atoms. The van der Waals surface area contributed by atoms with Crippen LogP contribution in [0.15, 0.2) is 18.2 Å². The van der Waals surface area contributed by atoms with Crippen LogP contribution in [-0.4, -0.2) is 12.4 Å². The summed E-state index contributed by atoms with van der Waals surface area (Å²) < 4.78 is 5.65. The zero-order valence-electron chi connectivity index (χ0n) is 13.5. The smallest absolute Gasteiger partial charge is 0.172 e. The van der Waals surface area contributed by atoms with Crippen LogP contribution in [0.3, 0.4) is 0 Å². The number of hydrogen-bond donors (Lipinski definition) is 0. The Labute approximate surface area is 122 Å². The number of carbonyl (C=O) groups excluding carboxylic acids is 1. The number of ether oxygens (including phenoxy) is 1. The molecule has 1 aromatic carbocycles. The van der Waals surface area contributed by atoms with Crippen molar-refractivity contribution < 1.29 is 9.53 Å². The van der Waals surface area contributed by atoms with Crippen LogP contribution in [-0.2, 0) is 5.41 Å². The number of Topliss-reactive ketones (excluding diaryl/α,β-unsaturated/α-hetero) is 1. The fourth-order valence-electron chi connectivity index (χ4n) is 3.25. The summed E-state index contributed by atoms with van der Waals surface area (Å²) in [5, 5.41) is 0. The Bertz CT molecular complexity index is 521. The molecule has 1 atom stereocenters. The molecule has 0 radical (unpaired) electrons. The molecule has 20 heavy (non-hydrogen) atoms. The summed E-state index contributed by atoms with van der Waals surface area (Å²) in [4.78, 5) is 12.3. The fourth-order valence-corrected chi connectivity index (χ4v) is 3.25. The Balaban J connectivity index is 2.38. The Kier molecular flexibility index (Phi) is 3.70. The monoisotopic (exact) mass is 274 g/mol. The van der Waals surface area contributed by atoms with Crippen molar-refractivity contribution >= 4 is 5.78 Å². The third-order valence-corrected chi connectivity index (χ3v) is 3.94. The average Bonchev–Trinajstić information content (AvgIpc) is 2.30. The number of benzene rings is 1. The maximum atomic E-state index is 12.3. The van der Waals surface area contributed by atoms with Gasteiger partial charge in [0, 0.05) is 0 Å². The minimum absolute atomic E-state index is 0.0384. The van der Waals surface area contributed by atoms with Crippen molar-refractivity contribution in [2.75, 3.05) is 6.61 Å². The van der Waals surface area contributed by atoms with Gasteiger partial charge in [0.1, 0.15) is 5.75 Å². The van der Waals surface area contributed by atoms with Crippen LogP contribution in [0, 0.1) is 11.3 Å². The number of hydrogen-bond acceptors (Lipinski definition) is 2. The summed E-state index contributed by atoms with van der Waals surface area (Å²) in [7, 11) is 0. The highest BCUT2D eigenvalue weighted by molar-refractivity contribution is 6.01. The van der Waals surface area contributed by atoms with E-state index in [-0.39, 0.29) is 22.5 Å². The van der Waals surface area contributed by atoms with Crippen LogP contribution in [0.2, 0.25) is 0 Å². The third-order valence-electron chi connectivity index (χ3n) is 3.94. The van der Waals surface area contributed by atoms with E-state index in [0.717, 1.165) is 17.7 Å². The first-order valence-electron chi connectivity index (χ1n) is 7.42. The molecule has 1 aromatic rings. The quantitative estimate of drug-likeness (QED) is 0.787. The fraction of sp³-hybridized carbons (Fsp3) is 0.611. The first-order chi connectivity index (χ1) is 9.10. The van der Waals surface area contributed by atoms with Gasteiger partial charge in [-0.15, -0.1) is 0 Å². The molecule has 2 heteroatoms. The minimum Gasteiger partial charge on any atom is -0.492 e. The highest BCUT2D eigenvalue weighted by Gasteiger charge is 2.31. The van der Waals surface area contributed by atoms with Gasteiger partial charge in [0.2, 0.25) is 0 Å². The maximum Gasteiger partial charge on any atom is 0.172 e. The summed E-state index contributed by atoms with van der Waals surface area (Å²) in [5.41, 5.74) is 2.28. The van der Waals surface area contributed by atoms with Gasteiger partial charge in [0.05, 0.1) is 18.1 Å². The second-order valence-corrected chi connectivity index (χ2v) is 7.91. The van der Waals surface area contributed by atoms with E-state index in [1.54, 1.807) is 0 Å². The Morgan fingerprint density at radius 2 is 1.85 bits per heavy atom. The molecule has 0 amide bonds. The number of carbonyl (C=O) groups is 1. The normalized spacial score (nSPS) is 19.5. The first-order valence-corrected chi connectivity index (χ1v) is 7.42. The number of rotatable bonds is 2. The lowest BCUT2D eigenvalue weighted by Gasteiger charge is -2.34. The lowest BCUT2D eigenvalue weighted by Crippen LogP contribution is -2.28. The van der Waals surface area contributed by atoms with Crippen molar-refractivity contribution in [3.63, 3.8) is 0 Å². The van der Waals surface area contributed by atoms with Gasteiger partial charge in [-0.05, 0) is 34.9 Å². The topological polar surface area (TPSA) is 26.3 Å². The molecule has 0 aromatic heterocycles. The molecular formula is C18H26O2. The van der Waals surface area contributed by atoms with Crippen LogP contribution in [0.1, 0.15) is 63.9 Å². The SMILES string of the molecule is CC1COc2ccc(C(C)(C)CC(C)(C)C)cc2C1=O. The van der Waals surface area contributed by atoms with E-state index in [4.69, 9.17) is 4.74 Å². The van der Waals surface area contributed by atoms with Crippen molar-refractivity contribution in [2.24, 2.45) is 11.3 Å². The molecule has 1 aliphatic heterocycles. The van der Waals surface area contributed by atoms with E-state index in [0.29, 0.717) is 6.61 Å². The molecule has 0 fully saturated rings. The van der Waals surface area contributed by atoms with Crippen LogP contribution in [0.4, 0.5) is 0 Å². The van der Waals surface area contributed by atoms with Crippen molar-refractivity contribution in [1.29, 1.82) is 0 Å². The zero-order valence-corrected chi connectivity index (χ0v) is 13.5. The second-order valence-electron chi connectivity index (χ2n) is 7.91. The summed E-state index contributed by atoms with van der Waals surface area (Å²) in [6.45, 7) is 13.7. The van der Waals surface area contributed by atoms with Crippen molar-refractivity contribution in [3.8, 4) is 5.75 Å². The molecule has 2 nitrogen and oxygen atoms in total. The number of fused-ring (bicyclic) bond motifs is 1. The molecule has 0 spiro atoms. The average molecular weight is 274 g/mol. The molecule has 0 saturated carbocycles. The molecule has 110 valence electrons. The second kappa shape index (κ2) is 4.91. The van der Waals surface area contributed by atoms with E-state index >= 15 is 0 Å². The zero-order chi connectivity index (χ0) is 15.1.